The molecule has 2 heterocycles. The van der Waals surface area contributed by atoms with Crippen molar-refractivity contribution in [2.75, 3.05) is 0 Å². The summed E-state index contributed by atoms with van der Waals surface area (Å²) in [5.74, 6) is 0.993. The van der Waals surface area contributed by atoms with Crippen LogP contribution in [0, 0.1) is 3.57 Å². The van der Waals surface area contributed by atoms with Crippen molar-refractivity contribution >= 4 is 22.6 Å². The molecule has 1 aromatic carbocycles. The molecule has 0 atom stereocenters. The van der Waals surface area contributed by atoms with Crippen LogP contribution >= 0.6 is 22.6 Å². The minimum atomic E-state index is 0.782. The van der Waals surface area contributed by atoms with Crippen LogP contribution in [0.3, 0.4) is 0 Å². The fourth-order valence-electron chi connectivity index (χ4n) is 2.39. The van der Waals surface area contributed by atoms with Crippen LogP contribution < -0.4 is 0 Å². The molecule has 3 rings (SSSR count). The Morgan fingerprint density at radius 2 is 2.10 bits per heavy atom. The van der Waals surface area contributed by atoms with Gasteiger partial charge in [-0.05, 0) is 47.2 Å². The molecule has 5 heteroatoms. The normalized spacial score (nSPS) is 11.0. The summed E-state index contributed by atoms with van der Waals surface area (Å²) in [4.78, 5) is 4.51. The van der Waals surface area contributed by atoms with Crippen molar-refractivity contribution in [3.05, 3.63) is 57.7 Å². The standard InChI is InChI=1S/C16H17IN4/c1-3-14-10-15(20(2)19-14)11-21-8-7-18-16(21)12-5-4-6-13(17)9-12/h4-10H,3,11H2,1-2H3. The smallest absolute Gasteiger partial charge is 0.140 e. The molecule has 0 unspecified atom stereocenters. The van der Waals surface area contributed by atoms with Gasteiger partial charge in [-0.2, -0.15) is 5.10 Å². The zero-order valence-corrected chi connectivity index (χ0v) is 14.3. The average molecular weight is 392 g/mol. The van der Waals surface area contributed by atoms with Crippen molar-refractivity contribution < 1.29 is 0 Å². The number of benzene rings is 1. The van der Waals surface area contributed by atoms with Crippen molar-refractivity contribution in [2.45, 2.75) is 19.9 Å². The predicted molar refractivity (Wildman–Crippen MR) is 92.1 cm³/mol. The van der Waals surface area contributed by atoms with Crippen molar-refractivity contribution in [3.8, 4) is 11.4 Å². The molecule has 0 bridgehead atoms. The van der Waals surface area contributed by atoms with Crippen LogP contribution in [0.5, 0.6) is 0 Å². The van der Waals surface area contributed by atoms with E-state index in [4.69, 9.17) is 0 Å². The molecule has 0 fully saturated rings. The minimum absolute atomic E-state index is 0.782. The minimum Gasteiger partial charge on any atom is -0.325 e. The third-order valence-corrected chi connectivity index (χ3v) is 4.19. The summed E-state index contributed by atoms with van der Waals surface area (Å²) in [7, 11) is 2.00. The molecule has 0 amide bonds. The quantitative estimate of drug-likeness (QED) is 0.638. The fourth-order valence-corrected chi connectivity index (χ4v) is 2.93. The summed E-state index contributed by atoms with van der Waals surface area (Å²) < 4.78 is 5.34. The van der Waals surface area contributed by atoms with Crippen molar-refractivity contribution in [2.24, 2.45) is 7.05 Å². The summed E-state index contributed by atoms with van der Waals surface area (Å²) in [5.41, 5.74) is 3.46. The molecule has 108 valence electrons. The molecular weight excluding hydrogens is 375 g/mol. The topological polar surface area (TPSA) is 35.6 Å². The van der Waals surface area contributed by atoms with Gasteiger partial charge in [-0.3, -0.25) is 4.68 Å². The number of aromatic nitrogens is 4. The number of aryl methyl sites for hydroxylation is 2. The van der Waals surface area contributed by atoms with Gasteiger partial charge in [-0.25, -0.2) is 4.98 Å². The Balaban J connectivity index is 1.94. The summed E-state index contributed by atoms with van der Waals surface area (Å²) in [6.07, 6.45) is 4.83. The zero-order chi connectivity index (χ0) is 14.8. The number of rotatable bonds is 4. The highest BCUT2D eigenvalue weighted by molar-refractivity contribution is 14.1. The Hall–Kier alpha value is -1.63. The maximum atomic E-state index is 4.51. The van der Waals surface area contributed by atoms with E-state index in [1.54, 1.807) is 0 Å². The molecule has 0 radical (unpaired) electrons. The maximum absolute atomic E-state index is 4.51. The summed E-state index contributed by atoms with van der Waals surface area (Å²) >= 11 is 2.33. The highest BCUT2D eigenvalue weighted by atomic mass is 127. The van der Waals surface area contributed by atoms with Crippen LogP contribution in [-0.2, 0) is 20.0 Å². The van der Waals surface area contributed by atoms with Gasteiger partial charge in [-0.15, -0.1) is 0 Å². The van der Waals surface area contributed by atoms with Gasteiger partial charge in [0.05, 0.1) is 17.9 Å². The zero-order valence-electron chi connectivity index (χ0n) is 12.1. The van der Waals surface area contributed by atoms with E-state index < -0.39 is 0 Å². The molecule has 0 spiro atoms. The van der Waals surface area contributed by atoms with Crippen LogP contribution in [0.2, 0.25) is 0 Å². The van der Waals surface area contributed by atoms with E-state index in [1.807, 2.05) is 24.1 Å². The van der Waals surface area contributed by atoms with Crippen molar-refractivity contribution in [3.63, 3.8) is 0 Å². The van der Waals surface area contributed by atoms with E-state index in [1.165, 1.54) is 9.26 Å². The molecule has 0 aliphatic rings. The Morgan fingerprint density at radius 1 is 1.24 bits per heavy atom. The first kappa shape index (κ1) is 14.3. The van der Waals surface area contributed by atoms with Gasteiger partial charge in [0, 0.05) is 28.6 Å². The van der Waals surface area contributed by atoms with E-state index >= 15 is 0 Å². The second-order valence-corrected chi connectivity index (χ2v) is 6.24. The number of nitrogens with zero attached hydrogens (tertiary/aromatic N) is 4. The van der Waals surface area contributed by atoms with Gasteiger partial charge in [-0.1, -0.05) is 19.1 Å². The summed E-state index contributed by atoms with van der Waals surface area (Å²) in [5, 5.41) is 4.51. The van der Waals surface area contributed by atoms with Crippen LogP contribution in [0.4, 0.5) is 0 Å². The number of imidazole rings is 1. The second-order valence-electron chi connectivity index (χ2n) is 4.99. The molecule has 3 aromatic rings. The fraction of sp³-hybridized carbons (Fsp3) is 0.250. The van der Waals surface area contributed by atoms with Crippen LogP contribution in [0.15, 0.2) is 42.7 Å². The van der Waals surface area contributed by atoms with Gasteiger partial charge in [0.2, 0.25) is 0 Å². The molecule has 0 saturated heterocycles. The van der Waals surface area contributed by atoms with Gasteiger partial charge in [0.25, 0.3) is 0 Å². The van der Waals surface area contributed by atoms with Gasteiger partial charge in [0.1, 0.15) is 5.82 Å². The number of hydrogen-bond donors (Lipinski definition) is 0. The molecule has 0 saturated carbocycles. The molecule has 0 aliphatic heterocycles. The first-order valence-corrected chi connectivity index (χ1v) is 8.04. The van der Waals surface area contributed by atoms with E-state index in [-0.39, 0.29) is 0 Å². The predicted octanol–water partition coefficient (Wildman–Crippen LogP) is 3.50. The molecule has 2 aromatic heterocycles. The average Bonchev–Trinajstić information content (AvgIpc) is 3.07. The highest BCUT2D eigenvalue weighted by Crippen LogP contribution is 2.20. The van der Waals surface area contributed by atoms with Crippen molar-refractivity contribution in [1.82, 2.24) is 19.3 Å². The number of hydrogen-bond acceptors (Lipinski definition) is 2. The molecule has 21 heavy (non-hydrogen) atoms. The van der Waals surface area contributed by atoms with Crippen LogP contribution in [0.25, 0.3) is 11.4 Å². The van der Waals surface area contributed by atoms with E-state index in [0.717, 1.165) is 30.0 Å². The first-order valence-electron chi connectivity index (χ1n) is 6.96. The van der Waals surface area contributed by atoms with Gasteiger partial charge in [0.15, 0.2) is 0 Å². The molecule has 0 aliphatic carbocycles. The maximum Gasteiger partial charge on any atom is 0.140 e. The van der Waals surface area contributed by atoms with Gasteiger partial charge >= 0.3 is 0 Å². The number of halogens is 1. The van der Waals surface area contributed by atoms with E-state index in [0.29, 0.717) is 0 Å². The lowest BCUT2D eigenvalue weighted by Crippen LogP contribution is -2.06. The summed E-state index contributed by atoms with van der Waals surface area (Å²) in [6, 6.07) is 10.6. The third-order valence-electron chi connectivity index (χ3n) is 3.52. The van der Waals surface area contributed by atoms with Crippen molar-refractivity contribution in [1.29, 1.82) is 0 Å². The van der Waals surface area contributed by atoms with E-state index in [2.05, 4.69) is 74.5 Å². The van der Waals surface area contributed by atoms with Crippen LogP contribution in [-0.4, -0.2) is 19.3 Å². The monoisotopic (exact) mass is 392 g/mol. The largest absolute Gasteiger partial charge is 0.325 e. The Bertz CT molecular complexity index is 757. The highest BCUT2D eigenvalue weighted by Gasteiger charge is 2.10. The molecule has 0 N–H and O–H groups in total. The molecule has 4 nitrogen and oxygen atoms in total. The lowest BCUT2D eigenvalue weighted by Gasteiger charge is -2.08. The van der Waals surface area contributed by atoms with E-state index in [9.17, 15) is 0 Å². The SMILES string of the molecule is CCc1cc(Cn2ccnc2-c2cccc(I)c2)n(C)n1. The first-order chi connectivity index (χ1) is 10.2. The second kappa shape index (κ2) is 6.01. The van der Waals surface area contributed by atoms with Crippen LogP contribution in [0.1, 0.15) is 18.3 Å². The third kappa shape index (κ3) is 3.02. The Labute approximate surface area is 138 Å². The Morgan fingerprint density at radius 3 is 2.81 bits per heavy atom. The lowest BCUT2D eigenvalue weighted by molar-refractivity contribution is 0.663. The molecular formula is C16H17IN4. The Kier molecular flexibility index (Phi) is 4.10. The van der Waals surface area contributed by atoms with Gasteiger partial charge < -0.3 is 4.57 Å². The lowest BCUT2D eigenvalue weighted by atomic mass is 10.2. The summed E-state index contributed by atoms with van der Waals surface area (Å²) in [6.45, 7) is 2.91.